The van der Waals surface area contributed by atoms with Gasteiger partial charge in [0.2, 0.25) is 5.91 Å². The lowest BCUT2D eigenvalue weighted by Crippen LogP contribution is -2.35. The molecule has 4 nitrogen and oxygen atoms in total. The van der Waals surface area contributed by atoms with Crippen LogP contribution in [-0.2, 0) is 11.2 Å². The van der Waals surface area contributed by atoms with Gasteiger partial charge in [-0.3, -0.25) is 9.59 Å². The minimum Gasteiger partial charge on any atom is -0.326 e. The largest absolute Gasteiger partial charge is 0.326 e. The van der Waals surface area contributed by atoms with Crippen molar-refractivity contribution in [3.05, 3.63) is 59.2 Å². The summed E-state index contributed by atoms with van der Waals surface area (Å²) in [6, 6.07) is 13.5. The molecule has 2 aromatic rings. The van der Waals surface area contributed by atoms with Gasteiger partial charge in [0.15, 0.2) is 0 Å². The summed E-state index contributed by atoms with van der Waals surface area (Å²) in [4.78, 5) is 26.6. The summed E-state index contributed by atoms with van der Waals surface area (Å²) >= 11 is 0. The van der Waals surface area contributed by atoms with Gasteiger partial charge in [-0.15, -0.1) is 0 Å². The highest BCUT2D eigenvalue weighted by Gasteiger charge is 2.29. The first-order valence-corrected chi connectivity index (χ1v) is 8.94. The number of fused-ring (bicyclic) bond motifs is 1. The monoisotopic (exact) mass is 334 g/mol. The molecule has 1 N–H and O–H groups in total. The Kier molecular flexibility index (Phi) is 4.04. The lowest BCUT2D eigenvalue weighted by atomic mass is 9.99. The molecule has 0 aromatic heterocycles. The molecule has 0 atom stereocenters. The number of aryl methyl sites for hydroxylation is 2. The molecule has 1 heterocycles. The zero-order valence-electron chi connectivity index (χ0n) is 14.4. The molecule has 4 heteroatoms. The first-order valence-electron chi connectivity index (χ1n) is 8.94. The molecule has 0 saturated heterocycles. The summed E-state index contributed by atoms with van der Waals surface area (Å²) in [5.41, 5.74) is 4.89. The van der Waals surface area contributed by atoms with Crippen LogP contribution >= 0.6 is 0 Å². The van der Waals surface area contributed by atoms with Crippen LogP contribution in [0.15, 0.2) is 42.5 Å². The third-order valence-electron chi connectivity index (χ3n) is 4.95. The maximum atomic E-state index is 12.9. The molecule has 0 unspecified atom stereocenters. The van der Waals surface area contributed by atoms with Crippen LogP contribution in [0.25, 0.3) is 0 Å². The highest BCUT2D eigenvalue weighted by Crippen LogP contribution is 2.31. The van der Waals surface area contributed by atoms with Crippen molar-refractivity contribution in [1.29, 1.82) is 0 Å². The van der Waals surface area contributed by atoms with Gasteiger partial charge in [0.25, 0.3) is 5.91 Å². The number of anilines is 2. The summed E-state index contributed by atoms with van der Waals surface area (Å²) in [6.07, 6.45) is 3.97. The SMILES string of the molecule is Cc1ccc2c(c1)CCCN2C(=O)c1ccc(NC(=O)C2CC2)cc1. The van der Waals surface area contributed by atoms with Crippen LogP contribution < -0.4 is 10.2 Å². The Morgan fingerprint density at radius 1 is 1.08 bits per heavy atom. The van der Waals surface area contributed by atoms with Crippen molar-refractivity contribution in [2.45, 2.75) is 32.6 Å². The maximum Gasteiger partial charge on any atom is 0.258 e. The fourth-order valence-corrected chi connectivity index (χ4v) is 3.38. The molecule has 2 amide bonds. The molecule has 0 radical (unpaired) electrons. The molecule has 25 heavy (non-hydrogen) atoms. The van der Waals surface area contributed by atoms with Gasteiger partial charge in [-0.1, -0.05) is 17.7 Å². The van der Waals surface area contributed by atoms with Gasteiger partial charge >= 0.3 is 0 Å². The lowest BCUT2D eigenvalue weighted by Gasteiger charge is -2.30. The Hall–Kier alpha value is -2.62. The third kappa shape index (κ3) is 3.29. The predicted octanol–water partition coefficient (Wildman–Crippen LogP) is 3.94. The van der Waals surface area contributed by atoms with Gasteiger partial charge in [0.05, 0.1) is 0 Å². The van der Waals surface area contributed by atoms with Crippen LogP contribution in [0.5, 0.6) is 0 Å². The zero-order chi connectivity index (χ0) is 17.4. The minimum absolute atomic E-state index is 0.0184. The van der Waals surface area contributed by atoms with Gasteiger partial charge in [0, 0.05) is 29.4 Å². The molecule has 0 spiro atoms. The fourth-order valence-electron chi connectivity index (χ4n) is 3.38. The van der Waals surface area contributed by atoms with Gasteiger partial charge in [-0.25, -0.2) is 0 Å². The van der Waals surface area contributed by atoms with E-state index >= 15 is 0 Å². The Morgan fingerprint density at radius 3 is 2.56 bits per heavy atom. The van der Waals surface area contributed by atoms with Crippen LogP contribution in [-0.4, -0.2) is 18.4 Å². The summed E-state index contributed by atoms with van der Waals surface area (Å²) in [5.74, 6) is 0.277. The van der Waals surface area contributed by atoms with E-state index in [0.717, 1.165) is 43.6 Å². The summed E-state index contributed by atoms with van der Waals surface area (Å²) in [7, 11) is 0. The Balaban J connectivity index is 1.52. The Bertz CT molecular complexity index is 822. The molecule has 2 aromatic carbocycles. The second-order valence-electron chi connectivity index (χ2n) is 7.03. The average Bonchev–Trinajstić information content (AvgIpc) is 3.46. The van der Waals surface area contributed by atoms with E-state index < -0.39 is 0 Å². The van der Waals surface area contributed by atoms with Crippen molar-refractivity contribution < 1.29 is 9.59 Å². The topological polar surface area (TPSA) is 49.4 Å². The van der Waals surface area contributed by atoms with Crippen molar-refractivity contribution in [2.24, 2.45) is 5.92 Å². The van der Waals surface area contributed by atoms with Crippen LogP contribution in [0.1, 0.15) is 40.7 Å². The third-order valence-corrected chi connectivity index (χ3v) is 4.95. The van der Waals surface area contributed by atoms with Crippen molar-refractivity contribution in [3.63, 3.8) is 0 Å². The van der Waals surface area contributed by atoms with E-state index in [-0.39, 0.29) is 17.7 Å². The van der Waals surface area contributed by atoms with Crippen LogP contribution in [0.3, 0.4) is 0 Å². The number of nitrogens with one attached hydrogen (secondary N) is 1. The molecule has 128 valence electrons. The van der Waals surface area contributed by atoms with Gasteiger partial charge in [-0.05, 0) is 68.5 Å². The Labute approximate surface area is 147 Å². The molecule has 2 aliphatic rings. The van der Waals surface area contributed by atoms with Gasteiger partial charge in [0.1, 0.15) is 0 Å². The molecular formula is C21H22N2O2. The molecule has 1 aliphatic heterocycles. The highest BCUT2D eigenvalue weighted by molar-refractivity contribution is 6.07. The zero-order valence-corrected chi connectivity index (χ0v) is 14.4. The normalized spacial score (nSPS) is 16.3. The van der Waals surface area contributed by atoms with Gasteiger partial charge < -0.3 is 10.2 Å². The van der Waals surface area contributed by atoms with E-state index in [0.29, 0.717) is 5.56 Å². The number of benzene rings is 2. The number of rotatable bonds is 3. The first kappa shape index (κ1) is 15.9. The molecule has 1 saturated carbocycles. The van der Waals surface area contributed by atoms with E-state index in [2.05, 4.69) is 24.4 Å². The number of carbonyl (C=O) groups excluding carboxylic acids is 2. The standard InChI is InChI=1S/C21H22N2O2/c1-14-4-11-19-17(13-14)3-2-12-23(19)21(25)16-7-9-18(10-8-16)22-20(24)15-5-6-15/h4,7-11,13,15H,2-3,5-6,12H2,1H3,(H,22,24). The molecule has 4 rings (SSSR count). The van der Waals surface area contributed by atoms with Crippen molar-refractivity contribution in [2.75, 3.05) is 16.8 Å². The predicted molar refractivity (Wildman–Crippen MR) is 99.0 cm³/mol. The highest BCUT2D eigenvalue weighted by atomic mass is 16.2. The van der Waals surface area contributed by atoms with Crippen LogP contribution in [0, 0.1) is 12.8 Å². The smallest absolute Gasteiger partial charge is 0.258 e. The quantitative estimate of drug-likeness (QED) is 0.924. The van der Waals surface area contributed by atoms with Crippen molar-refractivity contribution >= 4 is 23.2 Å². The van der Waals surface area contributed by atoms with E-state index in [1.807, 2.05) is 23.1 Å². The van der Waals surface area contributed by atoms with E-state index in [9.17, 15) is 9.59 Å². The summed E-state index contributed by atoms with van der Waals surface area (Å²) in [6.45, 7) is 2.82. The molecule has 1 aliphatic carbocycles. The number of amides is 2. The molecule has 1 fully saturated rings. The number of hydrogen-bond donors (Lipinski definition) is 1. The van der Waals surface area contributed by atoms with E-state index in [4.69, 9.17) is 0 Å². The number of hydrogen-bond acceptors (Lipinski definition) is 2. The number of nitrogens with zero attached hydrogens (tertiary/aromatic N) is 1. The second-order valence-corrected chi connectivity index (χ2v) is 7.03. The van der Waals surface area contributed by atoms with Crippen LogP contribution in [0.2, 0.25) is 0 Å². The van der Waals surface area contributed by atoms with Gasteiger partial charge in [-0.2, -0.15) is 0 Å². The molecular weight excluding hydrogens is 312 g/mol. The maximum absolute atomic E-state index is 12.9. The lowest BCUT2D eigenvalue weighted by molar-refractivity contribution is -0.117. The van der Waals surface area contributed by atoms with Crippen molar-refractivity contribution in [3.8, 4) is 0 Å². The summed E-state index contributed by atoms with van der Waals surface area (Å²) < 4.78 is 0. The Morgan fingerprint density at radius 2 is 1.84 bits per heavy atom. The second kappa shape index (κ2) is 6.36. The van der Waals surface area contributed by atoms with Crippen molar-refractivity contribution in [1.82, 2.24) is 0 Å². The minimum atomic E-state index is 0.0184. The van der Waals surface area contributed by atoms with Crippen LogP contribution in [0.4, 0.5) is 11.4 Å². The summed E-state index contributed by atoms with van der Waals surface area (Å²) in [5, 5.41) is 2.91. The number of carbonyl (C=O) groups is 2. The van der Waals surface area contributed by atoms with E-state index in [1.54, 1.807) is 12.1 Å². The first-order chi connectivity index (χ1) is 12.1. The van der Waals surface area contributed by atoms with E-state index in [1.165, 1.54) is 11.1 Å². The molecule has 0 bridgehead atoms. The average molecular weight is 334 g/mol. The fraction of sp³-hybridized carbons (Fsp3) is 0.333.